The Kier molecular flexibility index (Phi) is 6.59. The van der Waals surface area contributed by atoms with Crippen molar-refractivity contribution in [1.29, 1.82) is 0 Å². The molecule has 0 bridgehead atoms. The lowest BCUT2D eigenvalue weighted by atomic mass is 10.0. The van der Waals surface area contributed by atoms with Crippen molar-refractivity contribution in [2.45, 2.75) is 34.1 Å². The van der Waals surface area contributed by atoms with Crippen LogP contribution in [0.2, 0.25) is 0 Å². The molecule has 0 saturated carbocycles. The largest absolute Gasteiger partial charge is 0.493 e. The maximum Gasteiger partial charge on any atom is 0.130 e. The van der Waals surface area contributed by atoms with E-state index in [4.69, 9.17) is 21.1 Å². The average molecular weight is 335 g/mol. The van der Waals surface area contributed by atoms with Crippen LogP contribution in [0.25, 0.3) is 10.8 Å². The van der Waals surface area contributed by atoms with Gasteiger partial charge in [-0.1, -0.05) is 45.0 Å². The summed E-state index contributed by atoms with van der Waals surface area (Å²) in [5.41, 5.74) is 1.12. The van der Waals surface area contributed by atoms with Gasteiger partial charge in [0.2, 0.25) is 0 Å². The zero-order valence-electron chi connectivity index (χ0n) is 14.6. The predicted octanol–water partition coefficient (Wildman–Crippen LogP) is 5.83. The average Bonchev–Trinajstić information content (AvgIpc) is 2.52. The van der Waals surface area contributed by atoms with Crippen LogP contribution in [0.5, 0.6) is 11.5 Å². The van der Waals surface area contributed by atoms with E-state index in [1.54, 1.807) is 0 Å². The van der Waals surface area contributed by atoms with Gasteiger partial charge in [-0.15, -0.1) is 11.6 Å². The number of hydrogen-bond donors (Lipinski definition) is 0. The Labute approximate surface area is 144 Å². The Morgan fingerprint density at radius 1 is 1.00 bits per heavy atom. The van der Waals surface area contributed by atoms with Gasteiger partial charge in [0.1, 0.15) is 11.5 Å². The lowest BCUT2D eigenvalue weighted by Crippen LogP contribution is -2.10. The summed E-state index contributed by atoms with van der Waals surface area (Å²) in [7, 11) is 0. The highest BCUT2D eigenvalue weighted by Gasteiger charge is 2.13. The molecule has 0 aliphatic heterocycles. The lowest BCUT2D eigenvalue weighted by molar-refractivity contribution is 0.257. The molecule has 2 aromatic carbocycles. The van der Waals surface area contributed by atoms with E-state index in [1.807, 2.05) is 12.1 Å². The fraction of sp³-hybridized carbons (Fsp3) is 0.500. The van der Waals surface area contributed by atoms with Crippen LogP contribution in [0, 0.1) is 18.8 Å². The number of hydrogen-bond acceptors (Lipinski definition) is 2. The van der Waals surface area contributed by atoms with Crippen molar-refractivity contribution in [1.82, 2.24) is 0 Å². The van der Waals surface area contributed by atoms with Crippen molar-refractivity contribution >= 4 is 22.4 Å². The zero-order valence-corrected chi connectivity index (χ0v) is 15.3. The first-order valence-corrected chi connectivity index (χ1v) is 8.90. The van der Waals surface area contributed by atoms with Gasteiger partial charge in [-0.3, -0.25) is 0 Å². The Hall–Kier alpha value is -1.41. The van der Waals surface area contributed by atoms with E-state index >= 15 is 0 Å². The smallest absolute Gasteiger partial charge is 0.130 e. The third kappa shape index (κ3) is 4.78. The molecule has 0 fully saturated rings. The van der Waals surface area contributed by atoms with Crippen LogP contribution in [0.4, 0.5) is 0 Å². The van der Waals surface area contributed by atoms with Gasteiger partial charge >= 0.3 is 0 Å². The summed E-state index contributed by atoms with van der Waals surface area (Å²) in [6, 6.07) is 10.4. The Balaban J connectivity index is 2.31. The third-order valence-corrected chi connectivity index (χ3v) is 4.05. The number of aryl methyl sites for hydroxylation is 1. The van der Waals surface area contributed by atoms with Crippen LogP contribution >= 0.6 is 11.6 Å². The Morgan fingerprint density at radius 2 is 1.70 bits per heavy atom. The third-order valence-electron chi connectivity index (χ3n) is 3.83. The second-order valence-electron chi connectivity index (χ2n) is 6.66. The predicted molar refractivity (Wildman–Crippen MR) is 99.0 cm³/mol. The van der Waals surface area contributed by atoms with Gasteiger partial charge in [-0.25, -0.2) is 0 Å². The van der Waals surface area contributed by atoms with Gasteiger partial charge < -0.3 is 9.47 Å². The standard InChI is InChI=1S/C20H27ClO2/c1-14(2)12-23-20-16(4)11-19(22-13-15(3)9-10-21)17-7-5-6-8-18(17)20/h5-8,11,14-15H,9-10,12-13H2,1-4H3. The fourth-order valence-electron chi connectivity index (χ4n) is 2.51. The molecule has 2 nitrogen and oxygen atoms in total. The first-order valence-electron chi connectivity index (χ1n) is 8.36. The van der Waals surface area contributed by atoms with Crippen LogP contribution in [-0.4, -0.2) is 19.1 Å². The molecule has 0 spiro atoms. The molecule has 3 heteroatoms. The molecule has 0 amide bonds. The van der Waals surface area contributed by atoms with E-state index in [-0.39, 0.29) is 0 Å². The van der Waals surface area contributed by atoms with Crippen LogP contribution in [0.3, 0.4) is 0 Å². The number of rotatable bonds is 8. The Morgan fingerprint density at radius 3 is 2.35 bits per heavy atom. The van der Waals surface area contributed by atoms with E-state index in [9.17, 15) is 0 Å². The maximum absolute atomic E-state index is 6.08. The molecule has 0 radical (unpaired) electrons. The highest BCUT2D eigenvalue weighted by molar-refractivity contribution is 6.17. The van der Waals surface area contributed by atoms with Crippen molar-refractivity contribution in [2.75, 3.05) is 19.1 Å². The topological polar surface area (TPSA) is 18.5 Å². The number of benzene rings is 2. The first-order chi connectivity index (χ1) is 11.0. The molecule has 0 aromatic heterocycles. The molecule has 2 aromatic rings. The first kappa shape index (κ1) is 17.9. The van der Waals surface area contributed by atoms with Crippen molar-refractivity contribution < 1.29 is 9.47 Å². The van der Waals surface area contributed by atoms with Gasteiger partial charge in [0, 0.05) is 16.7 Å². The van der Waals surface area contributed by atoms with Gasteiger partial charge in [-0.05, 0) is 36.8 Å². The maximum atomic E-state index is 6.08. The van der Waals surface area contributed by atoms with Crippen LogP contribution in [0.15, 0.2) is 30.3 Å². The quantitative estimate of drug-likeness (QED) is 0.566. The van der Waals surface area contributed by atoms with E-state index in [2.05, 4.69) is 45.9 Å². The summed E-state index contributed by atoms with van der Waals surface area (Å²) in [5, 5.41) is 2.23. The summed E-state index contributed by atoms with van der Waals surface area (Å²) < 4.78 is 12.1. The number of halogens is 1. The minimum Gasteiger partial charge on any atom is -0.493 e. The minimum atomic E-state index is 0.448. The monoisotopic (exact) mass is 334 g/mol. The van der Waals surface area contributed by atoms with Gasteiger partial charge in [0.15, 0.2) is 0 Å². The summed E-state index contributed by atoms with van der Waals surface area (Å²) in [4.78, 5) is 0. The number of fused-ring (bicyclic) bond motifs is 1. The molecule has 0 aliphatic rings. The van der Waals surface area contributed by atoms with Gasteiger partial charge in [0.25, 0.3) is 0 Å². The summed E-state index contributed by atoms with van der Waals surface area (Å²) in [6.07, 6.45) is 0.966. The molecular weight excluding hydrogens is 308 g/mol. The second-order valence-corrected chi connectivity index (χ2v) is 7.04. The normalized spacial score (nSPS) is 12.6. The highest BCUT2D eigenvalue weighted by atomic mass is 35.5. The van der Waals surface area contributed by atoms with Crippen LogP contribution in [0.1, 0.15) is 32.8 Å². The van der Waals surface area contributed by atoms with Crippen molar-refractivity contribution in [3.05, 3.63) is 35.9 Å². The highest BCUT2D eigenvalue weighted by Crippen LogP contribution is 2.36. The van der Waals surface area contributed by atoms with Crippen LogP contribution < -0.4 is 9.47 Å². The molecule has 0 N–H and O–H groups in total. The number of ether oxygens (including phenoxy) is 2. The molecule has 0 heterocycles. The SMILES string of the molecule is Cc1cc(OCC(C)CCCl)c2ccccc2c1OCC(C)C. The van der Waals surface area contributed by atoms with Crippen molar-refractivity contribution in [3.63, 3.8) is 0 Å². The van der Waals surface area contributed by atoms with E-state index in [1.165, 1.54) is 0 Å². The van der Waals surface area contributed by atoms with Crippen LogP contribution in [-0.2, 0) is 0 Å². The van der Waals surface area contributed by atoms with Gasteiger partial charge in [-0.2, -0.15) is 0 Å². The minimum absolute atomic E-state index is 0.448. The molecule has 0 saturated heterocycles. The van der Waals surface area contributed by atoms with Crippen molar-refractivity contribution in [2.24, 2.45) is 11.8 Å². The molecule has 23 heavy (non-hydrogen) atoms. The van der Waals surface area contributed by atoms with Gasteiger partial charge in [0.05, 0.1) is 13.2 Å². The van der Waals surface area contributed by atoms with E-state index in [0.29, 0.717) is 24.3 Å². The molecule has 1 atom stereocenters. The fourth-order valence-corrected chi connectivity index (χ4v) is 2.88. The lowest BCUT2D eigenvalue weighted by Gasteiger charge is -2.18. The summed E-state index contributed by atoms with van der Waals surface area (Å²) in [6.45, 7) is 9.97. The molecule has 2 rings (SSSR count). The van der Waals surface area contributed by atoms with Crippen molar-refractivity contribution in [3.8, 4) is 11.5 Å². The Bertz CT molecular complexity index is 637. The van der Waals surface area contributed by atoms with E-state index in [0.717, 1.165) is 40.9 Å². The zero-order chi connectivity index (χ0) is 16.8. The van der Waals surface area contributed by atoms with E-state index < -0.39 is 0 Å². The second kappa shape index (κ2) is 8.44. The molecule has 1 unspecified atom stereocenters. The summed E-state index contributed by atoms with van der Waals surface area (Å²) in [5.74, 6) is 3.52. The molecule has 0 aliphatic carbocycles. The summed E-state index contributed by atoms with van der Waals surface area (Å²) >= 11 is 5.81. The number of alkyl halides is 1. The molecule has 126 valence electrons. The molecular formula is C20H27ClO2.